The zero-order valence-electron chi connectivity index (χ0n) is 44.9. The molecule has 0 aromatic rings. The van der Waals surface area contributed by atoms with Gasteiger partial charge in [0.25, 0.3) is 11.7 Å². The maximum Gasteiger partial charge on any atom is 0.329 e. The van der Waals surface area contributed by atoms with Gasteiger partial charge in [-0.1, -0.05) is 78.0 Å². The molecule has 0 spiro atoms. The first-order valence-corrected chi connectivity index (χ1v) is 26.3. The third kappa shape index (κ3) is 15.6. The third-order valence-electron chi connectivity index (χ3n) is 16.0. The Balaban J connectivity index is 1.68. The molecule has 72 heavy (non-hydrogen) atoms. The van der Waals surface area contributed by atoms with Crippen molar-refractivity contribution in [3.63, 3.8) is 0 Å². The number of aliphatic hydroxyl groups is 4. The summed E-state index contributed by atoms with van der Waals surface area (Å²) in [7, 11) is 3.08. The van der Waals surface area contributed by atoms with Crippen LogP contribution in [0.25, 0.3) is 0 Å². The molecule has 16 heteroatoms. The van der Waals surface area contributed by atoms with Gasteiger partial charge in [-0.3, -0.25) is 24.0 Å². The molecule has 406 valence electrons. The van der Waals surface area contributed by atoms with Crippen LogP contribution in [0, 0.1) is 46.8 Å². The number of amides is 1. The summed E-state index contributed by atoms with van der Waals surface area (Å²) in [4.78, 5) is 85.2. The lowest BCUT2D eigenvalue weighted by Gasteiger charge is -2.42. The summed E-state index contributed by atoms with van der Waals surface area (Å²) < 4.78 is 29.9. The van der Waals surface area contributed by atoms with Crippen molar-refractivity contribution in [2.75, 3.05) is 34.0 Å². The maximum absolute atomic E-state index is 14.5. The number of fused-ring (bicyclic) bond motifs is 3. The van der Waals surface area contributed by atoms with E-state index in [1.807, 2.05) is 58.1 Å². The topological polar surface area (TPSA) is 233 Å². The number of carbonyl (C=O) groups excluding carboxylic acids is 6. The third-order valence-corrected chi connectivity index (χ3v) is 16.0. The highest BCUT2D eigenvalue weighted by atomic mass is 16.6. The van der Waals surface area contributed by atoms with Crippen LogP contribution in [-0.2, 0) is 52.5 Å². The van der Waals surface area contributed by atoms with E-state index < -0.39 is 114 Å². The van der Waals surface area contributed by atoms with E-state index in [-0.39, 0.29) is 48.7 Å². The van der Waals surface area contributed by atoms with Crippen LogP contribution in [0.2, 0.25) is 0 Å². The van der Waals surface area contributed by atoms with Crippen molar-refractivity contribution in [3.05, 3.63) is 47.6 Å². The molecule has 2 saturated heterocycles. The predicted molar refractivity (Wildman–Crippen MR) is 270 cm³/mol. The van der Waals surface area contributed by atoms with Crippen molar-refractivity contribution in [1.82, 2.24) is 4.90 Å². The summed E-state index contributed by atoms with van der Waals surface area (Å²) in [5.74, 6) is -9.44. The standard InChI is InChI=1S/C56H87NO15/c1-33-17-13-12-14-18-34(2)46(68-10)29-42-22-20-39(7)56(67,72-42)51(63)52(64)57-24-16-15-19-43(57)53(65)70-47(30-44(60)35(3)26-38(6)50(62)40(8)49(61)37(5)25-33)36(4)27-41-21-23-45(48(28-41)69-11)71-54(66)55(9,31-58)32-59/h12-14,17-18,26,33,36-43,45-48,50,58-59,62,67H,15-16,19-25,27-32H2,1-11H3/t33-,36-,37-,38?,39-,40+,41?,42+,43+,45-,46?,47+,48-,50-,56-/m1/s1. The molecule has 4 N–H and O–H groups in total. The number of nitrogens with zero attached hydrogens (tertiary/aromatic N) is 1. The average Bonchev–Trinajstić information content (AvgIpc) is 3.36. The Hall–Kier alpha value is -3.90. The Morgan fingerprint density at radius 3 is 2.24 bits per heavy atom. The van der Waals surface area contributed by atoms with Gasteiger partial charge in [0.05, 0.1) is 37.6 Å². The smallest absolute Gasteiger partial charge is 0.329 e. The molecule has 3 unspecified atom stereocenters. The van der Waals surface area contributed by atoms with Crippen molar-refractivity contribution < 1.29 is 72.9 Å². The summed E-state index contributed by atoms with van der Waals surface area (Å²) in [5.41, 5.74) is -0.295. The molecule has 15 atom stereocenters. The lowest BCUT2D eigenvalue weighted by atomic mass is 9.78. The number of carbonyl (C=O) groups is 6. The Morgan fingerprint density at radius 2 is 1.58 bits per heavy atom. The fraction of sp³-hybridized carbons (Fsp3) is 0.750. The second-order valence-electron chi connectivity index (χ2n) is 22.0. The number of aliphatic hydroxyl groups excluding tert-OH is 3. The number of piperidine rings is 1. The van der Waals surface area contributed by atoms with E-state index in [0.717, 1.165) is 5.57 Å². The fourth-order valence-electron chi connectivity index (χ4n) is 10.8. The number of Topliss-reactive ketones (excluding diaryl/α,β-unsaturated/α-hetero) is 3. The van der Waals surface area contributed by atoms with Gasteiger partial charge in [-0.05, 0) is 114 Å². The van der Waals surface area contributed by atoms with Crippen molar-refractivity contribution >= 4 is 35.2 Å². The van der Waals surface area contributed by atoms with Crippen molar-refractivity contribution in [2.45, 2.75) is 188 Å². The zero-order valence-corrected chi connectivity index (χ0v) is 44.9. The van der Waals surface area contributed by atoms with Gasteiger partial charge in [0.15, 0.2) is 5.78 Å². The molecule has 2 bridgehead atoms. The van der Waals surface area contributed by atoms with E-state index in [4.69, 9.17) is 23.7 Å². The Bertz CT molecular complexity index is 1990. The van der Waals surface area contributed by atoms with Crippen LogP contribution in [0.15, 0.2) is 47.6 Å². The quantitative estimate of drug-likeness (QED) is 0.146. The Labute approximate surface area is 428 Å². The molecule has 3 aliphatic heterocycles. The monoisotopic (exact) mass is 1010 g/mol. The van der Waals surface area contributed by atoms with Crippen molar-refractivity contribution in [3.8, 4) is 0 Å². The molecule has 0 aromatic carbocycles. The van der Waals surface area contributed by atoms with Gasteiger partial charge in [0.1, 0.15) is 29.4 Å². The first-order chi connectivity index (χ1) is 33.9. The van der Waals surface area contributed by atoms with E-state index in [1.165, 1.54) is 18.9 Å². The summed E-state index contributed by atoms with van der Waals surface area (Å²) in [5, 5.41) is 43.0. The second kappa shape index (κ2) is 27.6. The average molecular weight is 1010 g/mol. The Kier molecular flexibility index (Phi) is 23.2. The molecule has 1 amide bonds. The highest BCUT2D eigenvalue weighted by molar-refractivity contribution is 6.39. The van der Waals surface area contributed by atoms with Crippen LogP contribution in [0.1, 0.15) is 139 Å². The number of allylic oxidation sites excluding steroid dienone is 6. The number of ketones is 3. The lowest BCUT2D eigenvalue weighted by Crippen LogP contribution is -2.61. The minimum atomic E-state index is -2.46. The summed E-state index contributed by atoms with van der Waals surface area (Å²) >= 11 is 0. The van der Waals surface area contributed by atoms with Crippen LogP contribution in [0.4, 0.5) is 0 Å². The first-order valence-electron chi connectivity index (χ1n) is 26.3. The normalized spacial score (nSPS) is 35.5. The molecule has 3 heterocycles. The first kappa shape index (κ1) is 60.7. The SMILES string of the molecule is COC1C[C@@H]2CC[C@@H](C)[C@@](O)(O2)C(=O)C(=O)N2CCCC[C@H]2C(=O)O[C@H]([C@H](C)CC2CC[C@@H](OC(=O)C(C)(CO)CO)[C@H](OC)C2)CC(=O)C(C)=CC(C)[C@@H](O)[C@@H](C)C(=O)[C@H](C)C[C@H](C)C=CC=CC=C1C. The number of methoxy groups -OCH3 is 2. The molecule has 0 radical (unpaired) electrons. The summed E-state index contributed by atoms with van der Waals surface area (Å²) in [6, 6.07) is -1.19. The molecule has 4 rings (SSSR count). The van der Waals surface area contributed by atoms with Crippen LogP contribution >= 0.6 is 0 Å². The highest BCUT2D eigenvalue weighted by Crippen LogP contribution is 2.38. The number of rotatable bonds is 9. The van der Waals surface area contributed by atoms with Gasteiger partial charge in [-0.15, -0.1) is 0 Å². The molecule has 4 aliphatic rings. The number of hydrogen-bond acceptors (Lipinski definition) is 15. The molecule has 3 fully saturated rings. The molecular weight excluding hydrogens is 927 g/mol. The maximum atomic E-state index is 14.5. The predicted octanol–water partition coefficient (Wildman–Crippen LogP) is 6.34. The van der Waals surface area contributed by atoms with Gasteiger partial charge in [-0.2, -0.15) is 0 Å². The number of ether oxygens (including phenoxy) is 5. The van der Waals surface area contributed by atoms with Crippen LogP contribution in [-0.4, -0.2) is 143 Å². The Morgan fingerprint density at radius 1 is 0.889 bits per heavy atom. The summed E-state index contributed by atoms with van der Waals surface area (Å²) in [6.45, 7) is 14.7. The minimum Gasteiger partial charge on any atom is -0.460 e. The van der Waals surface area contributed by atoms with E-state index in [9.17, 15) is 49.2 Å². The largest absolute Gasteiger partial charge is 0.460 e. The van der Waals surface area contributed by atoms with E-state index in [1.54, 1.807) is 40.9 Å². The van der Waals surface area contributed by atoms with Crippen LogP contribution < -0.4 is 0 Å². The highest BCUT2D eigenvalue weighted by Gasteiger charge is 2.53. The van der Waals surface area contributed by atoms with Crippen molar-refractivity contribution in [2.24, 2.45) is 46.8 Å². The lowest BCUT2D eigenvalue weighted by molar-refractivity contribution is -0.265. The molecule has 16 nitrogen and oxygen atoms in total. The minimum absolute atomic E-state index is 0.0269. The second-order valence-corrected chi connectivity index (χ2v) is 22.0. The van der Waals surface area contributed by atoms with Gasteiger partial charge in [0.2, 0.25) is 5.79 Å². The van der Waals surface area contributed by atoms with Crippen molar-refractivity contribution in [1.29, 1.82) is 0 Å². The van der Waals surface area contributed by atoms with E-state index >= 15 is 0 Å². The van der Waals surface area contributed by atoms with Gasteiger partial charge < -0.3 is 49.0 Å². The number of esters is 2. The molecular formula is C56H87NO15. The van der Waals surface area contributed by atoms with E-state index in [0.29, 0.717) is 69.8 Å². The van der Waals surface area contributed by atoms with Crippen LogP contribution in [0.3, 0.4) is 0 Å². The number of hydrogen-bond donors (Lipinski definition) is 4. The fourth-order valence-corrected chi connectivity index (χ4v) is 10.8. The zero-order chi connectivity index (χ0) is 53.7. The molecule has 1 aliphatic carbocycles. The van der Waals surface area contributed by atoms with Gasteiger partial charge in [0, 0.05) is 57.3 Å². The van der Waals surface area contributed by atoms with Crippen LogP contribution in [0.5, 0.6) is 0 Å². The van der Waals surface area contributed by atoms with Gasteiger partial charge in [-0.25, -0.2) is 4.79 Å². The molecule has 1 saturated carbocycles. The van der Waals surface area contributed by atoms with Gasteiger partial charge >= 0.3 is 11.9 Å². The number of cyclic esters (lactones) is 1. The summed E-state index contributed by atoms with van der Waals surface area (Å²) in [6.07, 6.45) is 11.6. The van der Waals surface area contributed by atoms with E-state index in [2.05, 4.69) is 0 Å². The molecule has 0 aromatic heterocycles.